The number of urea groups is 1. The third-order valence-electron chi connectivity index (χ3n) is 2.06. The number of rotatable bonds is 3. The van der Waals surface area contributed by atoms with E-state index in [1.54, 1.807) is 6.92 Å². The number of primary amides is 1. The maximum Gasteiger partial charge on any atom is 0.318 e. The molecule has 1 atom stereocenters. The van der Waals surface area contributed by atoms with E-state index in [-0.39, 0.29) is 5.82 Å². The summed E-state index contributed by atoms with van der Waals surface area (Å²) < 4.78 is 18.1. The first-order valence-electron chi connectivity index (χ1n) is 4.93. The van der Waals surface area contributed by atoms with Crippen LogP contribution in [0.3, 0.4) is 0 Å². The Balaban J connectivity index is 2.70. The van der Waals surface area contributed by atoms with E-state index in [1.807, 2.05) is 5.32 Å². The zero-order valence-corrected chi connectivity index (χ0v) is 9.49. The summed E-state index contributed by atoms with van der Waals surface area (Å²) in [5.74, 6) is -0.663. The lowest BCUT2D eigenvalue weighted by atomic mass is 10.2. The van der Waals surface area contributed by atoms with E-state index in [1.165, 1.54) is 25.1 Å². The molecular formula is C11H13FN2O3. The van der Waals surface area contributed by atoms with Crippen molar-refractivity contribution in [1.82, 2.24) is 5.32 Å². The molecule has 1 aromatic rings. The van der Waals surface area contributed by atoms with Gasteiger partial charge < -0.3 is 10.5 Å². The molecule has 0 spiro atoms. The average Bonchev–Trinajstić information content (AvgIpc) is 2.21. The summed E-state index contributed by atoms with van der Waals surface area (Å²) in [5.41, 5.74) is 5.36. The lowest BCUT2D eigenvalue weighted by molar-refractivity contribution is -0.126. The SMILES string of the molecule is Cc1cc(F)ccc1OC(C)C(=O)NC(N)=O. The van der Waals surface area contributed by atoms with Gasteiger partial charge in [0.15, 0.2) is 6.10 Å². The number of amides is 3. The molecule has 3 amide bonds. The molecule has 0 bridgehead atoms. The van der Waals surface area contributed by atoms with Crippen LogP contribution in [0.15, 0.2) is 18.2 Å². The Morgan fingerprint density at radius 1 is 1.47 bits per heavy atom. The highest BCUT2D eigenvalue weighted by Gasteiger charge is 2.16. The molecule has 0 aromatic heterocycles. The molecule has 6 heteroatoms. The third-order valence-corrected chi connectivity index (χ3v) is 2.06. The Kier molecular flexibility index (Phi) is 4.03. The van der Waals surface area contributed by atoms with Gasteiger partial charge in [0.25, 0.3) is 5.91 Å². The van der Waals surface area contributed by atoms with Gasteiger partial charge in [-0.25, -0.2) is 9.18 Å². The molecule has 5 nitrogen and oxygen atoms in total. The van der Waals surface area contributed by atoms with Crippen LogP contribution in [0.4, 0.5) is 9.18 Å². The number of ether oxygens (including phenoxy) is 1. The van der Waals surface area contributed by atoms with Crippen LogP contribution in [0.5, 0.6) is 5.75 Å². The van der Waals surface area contributed by atoms with E-state index in [2.05, 4.69) is 0 Å². The predicted octanol–water partition coefficient (Wildman–Crippen LogP) is 1.10. The van der Waals surface area contributed by atoms with Crippen molar-refractivity contribution in [2.24, 2.45) is 5.73 Å². The van der Waals surface area contributed by atoms with Gasteiger partial charge in [0.05, 0.1) is 0 Å². The van der Waals surface area contributed by atoms with Crippen LogP contribution < -0.4 is 15.8 Å². The highest BCUT2D eigenvalue weighted by atomic mass is 19.1. The van der Waals surface area contributed by atoms with Crippen molar-refractivity contribution in [2.45, 2.75) is 20.0 Å². The van der Waals surface area contributed by atoms with E-state index in [0.717, 1.165) is 0 Å². The Morgan fingerprint density at radius 2 is 2.12 bits per heavy atom. The fourth-order valence-corrected chi connectivity index (χ4v) is 1.21. The maximum atomic E-state index is 12.8. The molecule has 92 valence electrons. The number of halogens is 1. The van der Waals surface area contributed by atoms with Crippen molar-refractivity contribution in [3.63, 3.8) is 0 Å². The molecule has 0 aliphatic carbocycles. The molecule has 1 unspecified atom stereocenters. The Bertz CT molecular complexity index is 448. The van der Waals surface area contributed by atoms with Crippen LogP contribution in [-0.2, 0) is 4.79 Å². The molecule has 0 aliphatic heterocycles. The van der Waals surface area contributed by atoms with E-state index < -0.39 is 18.0 Å². The van der Waals surface area contributed by atoms with Crippen molar-refractivity contribution in [3.8, 4) is 5.75 Å². The van der Waals surface area contributed by atoms with Crippen LogP contribution in [0.2, 0.25) is 0 Å². The van der Waals surface area contributed by atoms with Gasteiger partial charge >= 0.3 is 6.03 Å². The van der Waals surface area contributed by atoms with Gasteiger partial charge in [-0.15, -0.1) is 0 Å². The average molecular weight is 240 g/mol. The zero-order chi connectivity index (χ0) is 13.0. The lowest BCUT2D eigenvalue weighted by Crippen LogP contribution is -2.42. The van der Waals surface area contributed by atoms with Crippen LogP contribution in [0.25, 0.3) is 0 Å². The summed E-state index contributed by atoms with van der Waals surface area (Å²) in [5, 5.41) is 1.89. The number of aryl methyl sites for hydroxylation is 1. The summed E-state index contributed by atoms with van der Waals surface area (Å²) in [6.45, 7) is 3.11. The Morgan fingerprint density at radius 3 is 2.65 bits per heavy atom. The quantitative estimate of drug-likeness (QED) is 0.829. The van der Waals surface area contributed by atoms with Gasteiger partial charge in [-0.3, -0.25) is 10.1 Å². The minimum Gasteiger partial charge on any atom is -0.481 e. The molecule has 17 heavy (non-hydrogen) atoms. The van der Waals surface area contributed by atoms with Gasteiger partial charge in [-0.2, -0.15) is 0 Å². The molecule has 1 rings (SSSR count). The van der Waals surface area contributed by atoms with Crippen LogP contribution >= 0.6 is 0 Å². The summed E-state index contributed by atoms with van der Waals surface area (Å²) in [6.07, 6.45) is -0.897. The molecule has 0 heterocycles. The molecule has 0 fully saturated rings. The molecular weight excluding hydrogens is 227 g/mol. The standard InChI is InChI=1S/C11H13FN2O3/c1-6-5-8(12)3-4-9(6)17-7(2)10(15)14-11(13)16/h3-5,7H,1-2H3,(H3,13,14,15,16). The molecule has 3 N–H and O–H groups in total. The highest BCUT2D eigenvalue weighted by Crippen LogP contribution is 2.19. The van der Waals surface area contributed by atoms with Crippen molar-refractivity contribution in [3.05, 3.63) is 29.6 Å². The number of carbonyl (C=O) groups is 2. The van der Waals surface area contributed by atoms with Gasteiger partial charge in [-0.05, 0) is 37.6 Å². The first-order valence-corrected chi connectivity index (χ1v) is 4.93. The number of nitrogens with two attached hydrogens (primary N) is 1. The number of carbonyl (C=O) groups excluding carboxylic acids is 2. The van der Waals surface area contributed by atoms with Crippen LogP contribution in [-0.4, -0.2) is 18.0 Å². The van der Waals surface area contributed by atoms with Gasteiger partial charge in [0, 0.05) is 0 Å². The first kappa shape index (κ1) is 13.0. The van der Waals surface area contributed by atoms with Crippen molar-refractivity contribution >= 4 is 11.9 Å². The van der Waals surface area contributed by atoms with Crippen molar-refractivity contribution in [1.29, 1.82) is 0 Å². The lowest BCUT2D eigenvalue weighted by Gasteiger charge is -2.15. The number of imide groups is 1. The van der Waals surface area contributed by atoms with Crippen LogP contribution in [0, 0.1) is 12.7 Å². The molecule has 1 aromatic carbocycles. The highest BCUT2D eigenvalue weighted by molar-refractivity contribution is 5.95. The second-order valence-electron chi connectivity index (χ2n) is 3.52. The summed E-state index contributed by atoms with van der Waals surface area (Å²) in [6, 6.07) is 2.98. The number of hydrogen-bond acceptors (Lipinski definition) is 3. The van der Waals surface area contributed by atoms with E-state index in [4.69, 9.17) is 10.5 Å². The second-order valence-corrected chi connectivity index (χ2v) is 3.52. The summed E-state index contributed by atoms with van der Waals surface area (Å²) in [4.78, 5) is 21.8. The predicted molar refractivity (Wildman–Crippen MR) is 59.0 cm³/mol. The molecule has 0 aliphatic rings. The summed E-state index contributed by atoms with van der Waals surface area (Å²) >= 11 is 0. The van der Waals surface area contributed by atoms with Gasteiger partial charge in [-0.1, -0.05) is 0 Å². The van der Waals surface area contributed by atoms with E-state index in [9.17, 15) is 14.0 Å². The van der Waals surface area contributed by atoms with E-state index in [0.29, 0.717) is 11.3 Å². The van der Waals surface area contributed by atoms with Gasteiger partial charge in [0.1, 0.15) is 11.6 Å². The minimum absolute atomic E-state index is 0.374. The van der Waals surface area contributed by atoms with Gasteiger partial charge in [0.2, 0.25) is 0 Å². The number of benzene rings is 1. The first-order chi connectivity index (χ1) is 7.90. The third kappa shape index (κ3) is 3.75. The van der Waals surface area contributed by atoms with E-state index >= 15 is 0 Å². The topological polar surface area (TPSA) is 81.4 Å². The summed E-state index contributed by atoms with van der Waals surface area (Å²) in [7, 11) is 0. The van der Waals surface area contributed by atoms with Crippen molar-refractivity contribution < 1.29 is 18.7 Å². The molecule has 0 saturated carbocycles. The normalized spacial score (nSPS) is 11.7. The smallest absolute Gasteiger partial charge is 0.318 e. The number of nitrogens with one attached hydrogen (secondary N) is 1. The largest absolute Gasteiger partial charge is 0.481 e. The second kappa shape index (κ2) is 5.29. The van der Waals surface area contributed by atoms with Crippen molar-refractivity contribution in [2.75, 3.05) is 0 Å². The number of hydrogen-bond donors (Lipinski definition) is 2. The fourth-order valence-electron chi connectivity index (χ4n) is 1.21. The maximum absolute atomic E-state index is 12.8. The molecule has 0 saturated heterocycles. The fraction of sp³-hybridized carbons (Fsp3) is 0.273. The van der Waals surface area contributed by atoms with Crippen LogP contribution in [0.1, 0.15) is 12.5 Å². The monoisotopic (exact) mass is 240 g/mol. The zero-order valence-electron chi connectivity index (χ0n) is 9.49. The minimum atomic E-state index is -0.943. The Labute approximate surface area is 97.7 Å². The molecule has 0 radical (unpaired) electrons. The Hall–Kier alpha value is -2.11.